The Morgan fingerprint density at radius 3 is 2.94 bits per heavy atom. The molecule has 0 aromatic carbocycles. The molecule has 1 amide bonds. The molecule has 12 heteroatoms. The fourth-order valence-corrected chi connectivity index (χ4v) is 3.61. The van der Waals surface area contributed by atoms with Crippen LogP contribution in [0.15, 0.2) is 30.9 Å². The molecule has 4 rings (SSSR count). The number of pyridine rings is 1. The number of carbonyl (C=O) groups excluding carboxylic acids is 1. The van der Waals surface area contributed by atoms with Gasteiger partial charge < -0.3 is 21.5 Å². The monoisotopic (exact) mass is 451 g/mol. The van der Waals surface area contributed by atoms with Crippen LogP contribution in [0.3, 0.4) is 0 Å². The van der Waals surface area contributed by atoms with Crippen molar-refractivity contribution >= 4 is 27.9 Å². The molecule has 1 aliphatic heterocycles. The van der Waals surface area contributed by atoms with Crippen LogP contribution in [0.25, 0.3) is 10.6 Å². The summed E-state index contributed by atoms with van der Waals surface area (Å²) < 4.78 is 32.8. The second kappa shape index (κ2) is 10.4. The number of amides is 1. The van der Waals surface area contributed by atoms with Gasteiger partial charge in [-0.1, -0.05) is 11.3 Å². The summed E-state index contributed by atoms with van der Waals surface area (Å²) in [5.41, 5.74) is 12.1. The second-order valence-corrected chi connectivity index (χ2v) is 7.87. The largest absolute Gasteiger partial charge is 0.389 e. The van der Waals surface area contributed by atoms with E-state index in [9.17, 15) is 13.6 Å². The molecular weight excluding hydrogens is 428 g/mol. The highest BCUT2D eigenvalue weighted by Crippen LogP contribution is 2.31. The minimum atomic E-state index is -0.951. The van der Waals surface area contributed by atoms with Crippen LogP contribution in [0, 0.1) is 5.82 Å². The fourth-order valence-electron chi connectivity index (χ4n) is 2.76. The first-order valence-corrected chi connectivity index (χ1v) is 10.3. The van der Waals surface area contributed by atoms with E-state index < -0.39 is 17.9 Å². The van der Waals surface area contributed by atoms with Gasteiger partial charge in [0.2, 0.25) is 0 Å². The van der Waals surface area contributed by atoms with Gasteiger partial charge in [-0.05, 0) is 18.9 Å². The van der Waals surface area contributed by atoms with Crippen LogP contribution in [0.4, 0.5) is 19.5 Å². The number of nitrogens with one attached hydrogen (secondary N) is 1. The van der Waals surface area contributed by atoms with Crippen molar-refractivity contribution in [1.29, 1.82) is 0 Å². The number of thiazole rings is 1. The first-order valence-electron chi connectivity index (χ1n) is 9.48. The highest BCUT2D eigenvalue weighted by molar-refractivity contribution is 7.19. The van der Waals surface area contributed by atoms with Crippen molar-refractivity contribution in [3.8, 4) is 10.6 Å². The van der Waals surface area contributed by atoms with Gasteiger partial charge in [0.25, 0.3) is 5.91 Å². The first kappa shape index (κ1) is 22.7. The highest BCUT2D eigenvalue weighted by Gasteiger charge is 2.20. The number of alkyl halides is 1. The minimum Gasteiger partial charge on any atom is -0.389 e. The number of nitrogens with zero attached hydrogens (tertiary/aromatic N) is 4. The standard InChI is InChI=1S/C13H11FN6OS.C6H12FNO/c1-20-6-7(4-17-20)18-12(21)10-11(15)22-13(19-10)8-2-3-16-5-9(8)14;7-5-4-9-3-1-2-6(5)8/h2-6H,15H2,1H3,(H,18,21);5-6H,1-4,8H2. The SMILES string of the molecule is Cn1cc(NC(=O)c2nc(-c3ccncc3F)sc2N)cn1.NC1CCCOCC1F. The van der Waals surface area contributed by atoms with E-state index in [4.69, 9.17) is 16.2 Å². The van der Waals surface area contributed by atoms with E-state index in [0.717, 1.165) is 30.4 Å². The predicted molar refractivity (Wildman–Crippen MR) is 114 cm³/mol. The Hall–Kier alpha value is -2.96. The summed E-state index contributed by atoms with van der Waals surface area (Å²) >= 11 is 1.04. The Balaban J connectivity index is 0.000000254. The third kappa shape index (κ3) is 6.03. The number of anilines is 2. The maximum atomic E-state index is 13.7. The van der Waals surface area contributed by atoms with E-state index in [0.29, 0.717) is 17.3 Å². The molecule has 1 saturated heterocycles. The van der Waals surface area contributed by atoms with E-state index in [1.807, 2.05) is 0 Å². The third-order valence-electron chi connectivity index (χ3n) is 4.40. The van der Waals surface area contributed by atoms with Crippen LogP contribution in [0.5, 0.6) is 0 Å². The lowest BCUT2D eigenvalue weighted by Crippen LogP contribution is -2.32. The van der Waals surface area contributed by atoms with Crippen molar-refractivity contribution in [3.63, 3.8) is 0 Å². The smallest absolute Gasteiger partial charge is 0.277 e. The number of hydrogen-bond acceptors (Lipinski definition) is 8. The van der Waals surface area contributed by atoms with Crippen LogP contribution in [-0.2, 0) is 11.8 Å². The summed E-state index contributed by atoms with van der Waals surface area (Å²) in [5, 5.41) is 7.12. The van der Waals surface area contributed by atoms with Crippen molar-refractivity contribution < 1.29 is 18.3 Å². The Bertz CT molecular complexity index is 1020. The topological polar surface area (TPSA) is 134 Å². The summed E-state index contributed by atoms with van der Waals surface area (Å²) in [4.78, 5) is 20.0. The van der Waals surface area contributed by atoms with Gasteiger partial charge in [0, 0.05) is 37.7 Å². The molecular formula is C19H23F2N7O2S. The average molecular weight is 452 g/mol. The van der Waals surface area contributed by atoms with Gasteiger partial charge >= 0.3 is 0 Å². The molecule has 0 radical (unpaired) electrons. The zero-order chi connectivity index (χ0) is 22.4. The maximum Gasteiger partial charge on any atom is 0.277 e. The number of aromatic nitrogens is 4. The van der Waals surface area contributed by atoms with Gasteiger partial charge in [-0.15, -0.1) is 0 Å². The number of halogens is 2. The number of hydrogen-bond donors (Lipinski definition) is 3. The van der Waals surface area contributed by atoms with Crippen molar-refractivity contribution in [2.24, 2.45) is 12.8 Å². The molecule has 0 aliphatic carbocycles. The van der Waals surface area contributed by atoms with Crippen molar-refractivity contribution in [1.82, 2.24) is 19.7 Å². The van der Waals surface area contributed by atoms with E-state index >= 15 is 0 Å². The molecule has 1 fully saturated rings. The molecule has 4 heterocycles. The molecule has 0 spiro atoms. The van der Waals surface area contributed by atoms with Gasteiger partial charge in [-0.2, -0.15) is 5.10 Å². The summed E-state index contributed by atoms with van der Waals surface area (Å²) in [6.07, 6.45) is 6.37. The molecule has 5 N–H and O–H groups in total. The second-order valence-electron chi connectivity index (χ2n) is 6.84. The van der Waals surface area contributed by atoms with E-state index in [1.54, 1.807) is 17.9 Å². The first-order chi connectivity index (χ1) is 14.8. The van der Waals surface area contributed by atoms with Gasteiger partial charge in [-0.25, -0.2) is 13.8 Å². The number of ether oxygens (including phenoxy) is 1. The zero-order valence-corrected chi connectivity index (χ0v) is 17.6. The third-order valence-corrected chi connectivity index (χ3v) is 5.32. The van der Waals surface area contributed by atoms with Crippen molar-refractivity contribution in [2.45, 2.75) is 25.1 Å². The van der Waals surface area contributed by atoms with Crippen LogP contribution >= 0.6 is 11.3 Å². The molecule has 2 atom stereocenters. The number of carbonyl (C=O) groups is 1. The highest BCUT2D eigenvalue weighted by atomic mass is 32.1. The average Bonchev–Trinajstić information content (AvgIpc) is 3.27. The Morgan fingerprint density at radius 1 is 1.42 bits per heavy atom. The van der Waals surface area contributed by atoms with Gasteiger partial charge in [-0.3, -0.25) is 14.5 Å². The quantitative estimate of drug-likeness (QED) is 0.556. The van der Waals surface area contributed by atoms with Crippen molar-refractivity contribution in [3.05, 3.63) is 42.4 Å². The molecule has 3 aromatic rings. The number of nitrogens with two attached hydrogens (primary N) is 2. The summed E-state index contributed by atoms with van der Waals surface area (Å²) in [6.45, 7) is 0.843. The lowest BCUT2D eigenvalue weighted by molar-refractivity contribution is 0.0923. The van der Waals surface area contributed by atoms with E-state index in [2.05, 4.69) is 20.4 Å². The van der Waals surface area contributed by atoms with Gasteiger partial charge in [0.15, 0.2) is 11.5 Å². The maximum absolute atomic E-state index is 13.7. The van der Waals surface area contributed by atoms with Crippen molar-refractivity contribution in [2.75, 3.05) is 24.3 Å². The van der Waals surface area contributed by atoms with E-state index in [1.165, 1.54) is 18.5 Å². The molecule has 0 saturated carbocycles. The molecule has 9 nitrogen and oxygen atoms in total. The number of rotatable bonds is 3. The Labute approximate surface area is 181 Å². The molecule has 1 aliphatic rings. The molecule has 0 bridgehead atoms. The normalized spacial score (nSPS) is 18.6. The minimum absolute atomic E-state index is 0.0556. The summed E-state index contributed by atoms with van der Waals surface area (Å²) in [6, 6.07) is 1.18. The Morgan fingerprint density at radius 2 is 2.23 bits per heavy atom. The van der Waals surface area contributed by atoms with Crippen LogP contribution in [0.2, 0.25) is 0 Å². The predicted octanol–water partition coefficient (Wildman–Crippen LogP) is 2.37. The Kier molecular flexibility index (Phi) is 7.60. The molecule has 166 valence electrons. The zero-order valence-electron chi connectivity index (χ0n) is 16.8. The van der Waals surface area contributed by atoms with Gasteiger partial charge in [0.05, 0.1) is 24.7 Å². The summed E-state index contributed by atoms with van der Waals surface area (Å²) in [5.74, 6) is -0.988. The van der Waals surface area contributed by atoms with E-state index in [-0.39, 0.29) is 28.9 Å². The van der Waals surface area contributed by atoms with Crippen LogP contribution in [-0.4, -0.2) is 51.1 Å². The molecule has 31 heavy (non-hydrogen) atoms. The molecule has 2 unspecified atom stereocenters. The molecule has 3 aromatic heterocycles. The van der Waals surface area contributed by atoms with Gasteiger partial charge in [0.1, 0.15) is 16.2 Å². The fraction of sp³-hybridized carbons (Fsp3) is 0.368. The lowest BCUT2D eigenvalue weighted by atomic mass is 10.1. The lowest BCUT2D eigenvalue weighted by Gasteiger charge is -2.10. The van der Waals surface area contributed by atoms with Crippen LogP contribution in [0.1, 0.15) is 23.3 Å². The number of aryl methyl sites for hydroxylation is 1. The summed E-state index contributed by atoms with van der Waals surface area (Å²) in [7, 11) is 1.73. The van der Waals surface area contributed by atoms with Crippen LogP contribution < -0.4 is 16.8 Å². The number of nitrogen functional groups attached to an aromatic ring is 1.